The van der Waals surface area contributed by atoms with Crippen LogP contribution in [0.15, 0.2) is 6.07 Å². The third-order valence-corrected chi connectivity index (χ3v) is 3.70. The SMILES string of the molecule is CCc1cc(C)nc(C(C)(C)CN2CCNCC2)n1. The van der Waals surface area contributed by atoms with E-state index in [9.17, 15) is 0 Å². The number of hydrogen-bond donors (Lipinski definition) is 1. The summed E-state index contributed by atoms with van der Waals surface area (Å²) in [4.78, 5) is 11.9. The second-order valence-corrected chi connectivity index (χ2v) is 6.09. The van der Waals surface area contributed by atoms with Crippen LogP contribution in [0, 0.1) is 6.92 Å². The van der Waals surface area contributed by atoms with E-state index in [-0.39, 0.29) is 5.41 Å². The molecule has 1 saturated heterocycles. The molecule has 0 amide bonds. The summed E-state index contributed by atoms with van der Waals surface area (Å²) >= 11 is 0. The van der Waals surface area contributed by atoms with Gasteiger partial charge in [-0.25, -0.2) is 9.97 Å². The van der Waals surface area contributed by atoms with Crippen LogP contribution in [-0.2, 0) is 11.8 Å². The molecule has 0 saturated carbocycles. The number of aryl methyl sites for hydroxylation is 2. The van der Waals surface area contributed by atoms with Gasteiger partial charge >= 0.3 is 0 Å². The maximum absolute atomic E-state index is 4.74. The lowest BCUT2D eigenvalue weighted by Gasteiger charge is -2.34. The first-order chi connectivity index (χ1) is 9.01. The van der Waals surface area contributed by atoms with Crippen LogP contribution in [0.4, 0.5) is 0 Å². The molecule has 1 aromatic heterocycles. The fourth-order valence-corrected chi connectivity index (χ4v) is 2.62. The van der Waals surface area contributed by atoms with Crippen LogP contribution >= 0.6 is 0 Å². The molecular weight excluding hydrogens is 236 g/mol. The molecule has 1 aromatic rings. The Morgan fingerprint density at radius 3 is 2.58 bits per heavy atom. The summed E-state index contributed by atoms with van der Waals surface area (Å²) in [5.74, 6) is 0.989. The molecular formula is C15H26N4. The number of rotatable bonds is 4. The third kappa shape index (κ3) is 3.74. The van der Waals surface area contributed by atoms with Crippen LogP contribution in [0.2, 0.25) is 0 Å². The minimum Gasteiger partial charge on any atom is -0.314 e. The largest absolute Gasteiger partial charge is 0.314 e. The molecule has 0 radical (unpaired) electrons. The Labute approximate surface area is 116 Å². The van der Waals surface area contributed by atoms with Crippen molar-refractivity contribution in [2.45, 2.75) is 39.5 Å². The predicted molar refractivity (Wildman–Crippen MR) is 78.5 cm³/mol. The van der Waals surface area contributed by atoms with Crippen molar-refractivity contribution in [3.8, 4) is 0 Å². The fraction of sp³-hybridized carbons (Fsp3) is 0.733. The molecule has 0 atom stereocenters. The zero-order valence-electron chi connectivity index (χ0n) is 12.7. The monoisotopic (exact) mass is 262 g/mol. The topological polar surface area (TPSA) is 41.1 Å². The Balaban J connectivity index is 2.15. The van der Waals surface area contributed by atoms with Gasteiger partial charge in [-0.15, -0.1) is 0 Å². The average Bonchev–Trinajstić information content (AvgIpc) is 2.38. The highest BCUT2D eigenvalue weighted by Gasteiger charge is 2.28. The molecule has 1 N–H and O–H groups in total. The zero-order chi connectivity index (χ0) is 13.9. The molecule has 2 rings (SSSR count). The van der Waals surface area contributed by atoms with E-state index in [1.807, 2.05) is 0 Å². The van der Waals surface area contributed by atoms with Gasteiger partial charge in [-0.05, 0) is 19.4 Å². The molecule has 2 heterocycles. The van der Waals surface area contributed by atoms with Gasteiger partial charge in [-0.1, -0.05) is 20.8 Å². The highest BCUT2D eigenvalue weighted by molar-refractivity contribution is 5.15. The Bertz CT molecular complexity index is 422. The van der Waals surface area contributed by atoms with Crippen molar-refractivity contribution in [3.05, 3.63) is 23.3 Å². The van der Waals surface area contributed by atoms with E-state index in [1.54, 1.807) is 0 Å². The Morgan fingerprint density at radius 1 is 1.26 bits per heavy atom. The quantitative estimate of drug-likeness (QED) is 0.893. The molecule has 19 heavy (non-hydrogen) atoms. The Kier molecular flexibility index (Phi) is 4.53. The first kappa shape index (κ1) is 14.4. The molecule has 0 aliphatic carbocycles. The van der Waals surface area contributed by atoms with Gasteiger partial charge in [0.25, 0.3) is 0 Å². The van der Waals surface area contributed by atoms with Gasteiger partial charge in [-0.2, -0.15) is 0 Å². The second-order valence-electron chi connectivity index (χ2n) is 6.09. The van der Waals surface area contributed by atoms with Crippen LogP contribution in [0.5, 0.6) is 0 Å². The van der Waals surface area contributed by atoms with Crippen molar-refractivity contribution >= 4 is 0 Å². The van der Waals surface area contributed by atoms with Crippen molar-refractivity contribution in [2.24, 2.45) is 0 Å². The van der Waals surface area contributed by atoms with E-state index in [0.29, 0.717) is 0 Å². The zero-order valence-corrected chi connectivity index (χ0v) is 12.7. The van der Waals surface area contributed by atoms with Gasteiger partial charge in [0.2, 0.25) is 0 Å². The van der Waals surface area contributed by atoms with Crippen LogP contribution in [0.25, 0.3) is 0 Å². The predicted octanol–water partition coefficient (Wildman–Crippen LogP) is 1.53. The number of hydrogen-bond acceptors (Lipinski definition) is 4. The molecule has 1 fully saturated rings. The molecule has 1 aliphatic heterocycles. The van der Waals surface area contributed by atoms with Gasteiger partial charge in [0.1, 0.15) is 5.82 Å². The second kappa shape index (κ2) is 5.97. The fourth-order valence-electron chi connectivity index (χ4n) is 2.62. The normalized spacial score (nSPS) is 17.7. The molecule has 106 valence electrons. The van der Waals surface area contributed by atoms with Gasteiger partial charge < -0.3 is 5.32 Å². The van der Waals surface area contributed by atoms with Gasteiger partial charge in [-0.3, -0.25) is 4.90 Å². The van der Waals surface area contributed by atoms with Crippen LogP contribution < -0.4 is 5.32 Å². The van der Waals surface area contributed by atoms with E-state index in [1.165, 1.54) is 0 Å². The van der Waals surface area contributed by atoms with Crippen molar-refractivity contribution < 1.29 is 0 Å². The van der Waals surface area contributed by atoms with E-state index in [0.717, 1.165) is 56.4 Å². The summed E-state index contributed by atoms with van der Waals surface area (Å²) in [5.41, 5.74) is 2.24. The summed E-state index contributed by atoms with van der Waals surface area (Å²) in [6.45, 7) is 14.2. The molecule has 0 bridgehead atoms. The molecule has 0 aromatic carbocycles. The van der Waals surface area contributed by atoms with E-state index < -0.39 is 0 Å². The lowest BCUT2D eigenvalue weighted by Crippen LogP contribution is -2.48. The van der Waals surface area contributed by atoms with Crippen molar-refractivity contribution in [1.29, 1.82) is 0 Å². The Hall–Kier alpha value is -1.00. The minimum absolute atomic E-state index is 0.00722. The average molecular weight is 262 g/mol. The van der Waals surface area contributed by atoms with E-state index in [2.05, 4.69) is 49.0 Å². The lowest BCUT2D eigenvalue weighted by atomic mass is 9.91. The highest BCUT2D eigenvalue weighted by atomic mass is 15.2. The van der Waals surface area contributed by atoms with Crippen LogP contribution in [0.3, 0.4) is 0 Å². The van der Waals surface area contributed by atoms with E-state index >= 15 is 0 Å². The third-order valence-electron chi connectivity index (χ3n) is 3.70. The smallest absolute Gasteiger partial charge is 0.135 e. The summed E-state index contributed by atoms with van der Waals surface area (Å²) in [5, 5.41) is 3.39. The highest BCUT2D eigenvalue weighted by Crippen LogP contribution is 2.22. The van der Waals surface area contributed by atoms with Crippen molar-refractivity contribution in [1.82, 2.24) is 20.2 Å². The van der Waals surface area contributed by atoms with Crippen molar-refractivity contribution in [3.63, 3.8) is 0 Å². The number of piperazine rings is 1. The summed E-state index contributed by atoms with van der Waals surface area (Å²) in [6.07, 6.45) is 0.972. The summed E-state index contributed by atoms with van der Waals surface area (Å²) < 4.78 is 0. The maximum Gasteiger partial charge on any atom is 0.135 e. The first-order valence-electron chi connectivity index (χ1n) is 7.29. The molecule has 4 heteroatoms. The number of nitrogens with zero attached hydrogens (tertiary/aromatic N) is 3. The number of aromatic nitrogens is 2. The van der Waals surface area contributed by atoms with Gasteiger partial charge in [0.15, 0.2) is 0 Å². The van der Waals surface area contributed by atoms with Gasteiger partial charge in [0, 0.05) is 49.5 Å². The van der Waals surface area contributed by atoms with Crippen LogP contribution in [-0.4, -0.2) is 47.6 Å². The van der Waals surface area contributed by atoms with Crippen LogP contribution in [0.1, 0.15) is 38.0 Å². The summed E-state index contributed by atoms with van der Waals surface area (Å²) in [6, 6.07) is 2.09. The minimum atomic E-state index is 0.00722. The molecule has 1 aliphatic rings. The van der Waals surface area contributed by atoms with Gasteiger partial charge in [0.05, 0.1) is 0 Å². The van der Waals surface area contributed by atoms with E-state index in [4.69, 9.17) is 4.98 Å². The Morgan fingerprint density at radius 2 is 1.95 bits per heavy atom. The summed E-state index contributed by atoms with van der Waals surface area (Å²) in [7, 11) is 0. The molecule has 0 unspecified atom stereocenters. The molecule has 0 spiro atoms. The number of nitrogens with one attached hydrogen (secondary N) is 1. The van der Waals surface area contributed by atoms with Crippen molar-refractivity contribution in [2.75, 3.05) is 32.7 Å². The lowest BCUT2D eigenvalue weighted by molar-refractivity contribution is 0.195. The first-order valence-corrected chi connectivity index (χ1v) is 7.29. The maximum atomic E-state index is 4.74. The molecule has 4 nitrogen and oxygen atoms in total. The standard InChI is InChI=1S/C15H26N4/c1-5-13-10-12(2)17-14(18-13)15(3,4)11-19-8-6-16-7-9-19/h10,16H,5-9,11H2,1-4H3.